The molecule has 0 spiro atoms. The summed E-state index contributed by atoms with van der Waals surface area (Å²) in [4.78, 5) is 4.63. The van der Waals surface area contributed by atoms with Crippen molar-refractivity contribution in [2.75, 3.05) is 20.3 Å². The minimum absolute atomic E-state index is 0.443. The molecule has 3 rings (SSSR count). The fourth-order valence-electron chi connectivity index (χ4n) is 2.97. The van der Waals surface area contributed by atoms with Crippen LogP contribution in [0.15, 0.2) is 24.3 Å². The van der Waals surface area contributed by atoms with Gasteiger partial charge in [0.2, 0.25) is 0 Å². The van der Waals surface area contributed by atoms with E-state index in [0.29, 0.717) is 12.0 Å². The molecule has 1 aliphatic heterocycles. The molecular weight excluding hydrogens is 238 g/mol. The largest absolute Gasteiger partial charge is 0.381 e. The quantitative estimate of drug-likeness (QED) is 0.912. The highest BCUT2D eigenvalue weighted by molar-refractivity contribution is 5.75. The van der Waals surface area contributed by atoms with Crippen LogP contribution < -0.4 is 5.32 Å². The number of nitrogens with zero attached hydrogens (tertiary/aromatic N) is 2. The number of aryl methyl sites for hydroxylation is 1. The van der Waals surface area contributed by atoms with E-state index in [4.69, 9.17) is 4.74 Å². The first-order chi connectivity index (χ1) is 9.29. The van der Waals surface area contributed by atoms with Gasteiger partial charge in [-0.3, -0.25) is 0 Å². The van der Waals surface area contributed by atoms with Crippen molar-refractivity contribution in [3.05, 3.63) is 30.1 Å². The lowest BCUT2D eigenvalue weighted by Gasteiger charge is -2.23. The summed E-state index contributed by atoms with van der Waals surface area (Å²) in [5, 5.41) is 3.45. The van der Waals surface area contributed by atoms with Crippen LogP contribution in [0, 0.1) is 12.8 Å². The van der Waals surface area contributed by atoms with Crippen LogP contribution in [0.25, 0.3) is 11.0 Å². The Morgan fingerprint density at radius 2 is 2.32 bits per heavy atom. The van der Waals surface area contributed by atoms with E-state index in [9.17, 15) is 0 Å². The van der Waals surface area contributed by atoms with Gasteiger partial charge in [-0.15, -0.1) is 0 Å². The summed E-state index contributed by atoms with van der Waals surface area (Å²) in [5.74, 6) is 1.69. The van der Waals surface area contributed by atoms with Crippen LogP contribution in [-0.4, -0.2) is 35.9 Å². The zero-order chi connectivity index (χ0) is 13.2. The fourth-order valence-corrected chi connectivity index (χ4v) is 2.97. The highest BCUT2D eigenvalue weighted by atomic mass is 16.5. The molecule has 0 radical (unpaired) electrons. The Kier molecular flexibility index (Phi) is 3.53. The summed E-state index contributed by atoms with van der Waals surface area (Å²) in [7, 11) is 2.04. The summed E-state index contributed by atoms with van der Waals surface area (Å²) in [6.45, 7) is 4.80. The Morgan fingerprint density at radius 1 is 1.47 bits per heavy atom. The molecule has 19 heavy (non-hydrogen) atoms. The molecule has 1 saturated heterocycles. The molecule has 0 saturated carbocycles. The number of aromatic nitrogens is 2. The first-order valence-electron chi connectivity index (χ1n) is 6.96. The summed E-state index contributed by atoms with van der Waals surface area (Å²) in [5.41, 5.74) is 2.30. The van der Waals surface area contributed by atoms with Gasteiger partial charge in [-0.25, -0.2) is 4.98 Å². The van der Waals surface area contributed by atoms with E-state index in [2.05, 4.69) is 40.0 Å². The highest BCUT2D eigenvalue weighted by Gasteiger charge is 2.25. The lowest BCUT2D eigenvalue weighted by atomic mass is 9.99. The van der Waals surface area contributed by atoms with E-state index in [1.807, 2.05) is 13.1 Å². The van der Waals surface area contributed by atoms with Crippen LogP contribution in [0.4, 0.5) is 0 Å². The second-order valence-electron chi connectivity index (χ2n) is 5.28. The molecule has 2 heterocycles. The predicted octanol–water partition coefficient (Wildman–Crippen LogP) is 1.97. The molecule has 4 heteroatoms. The molecule has 4 nitrogen and oxygen atoms in total. The number of benzene rings is 1. The van der Waals surface area contributed by atoms with E-state index >= 15 is 0 Å². The van der Waals surface area contributed by atoms with Crippen molar-refractivity contribution < 1.29 is 4.74 Å². The van der Waals surface area contributed by atoms with Crippen molar-refractivity contribution in [3.8, 4) is 0 Å². The number of hydrogen-bond donors (Lipinski definition) is 1. The molecule has 1 N–H and O–H groups in total. The summed E-state index contributed by atoms with van der Waals surface area (Å²) in [6, 6.07) is 8.78. The van der Waals surface area contributed by atoms with Crippen LogP contribution >= 0.6 is 0 Å². The third kappa shape index (κ3) is 2.38. The van der Waals surface area contributed by atoms with Crippen LogP contribution in [0.2, 0.25) is 0 Å². The maximum atomic E-state index is 5.51. The number of para-hydroxylation sites is 2. The fraction of sp³-hybridized carbons (Fsp3) is 0.533. The second kappa shape index (κ2) is 5.31. The molecule has 1 aromatic carbocycles. The van der Waals surface area contributed by atoms with Crippen molar-refractivity contribution in [3.63, 3.8) is 0 Å². The average molecular weight is 259 g/mol. The third-order valence-corrected chi connectivity index (χ3v) is 4.13. The Labute approximate surface area is 113 Å². The number of nitrogens with one attached hydrogen (secondary N) is 1. The summed E-state index contributed by atoms with van der Waals surface area (Å²) in [6.07, 6.45) is 1.15. The van der Waals surface area contributed by atoms with Gasteiger partial charge in [0, 0.05) is 25.1 Å². The molecule has 2 unspecified atom stereocenters. The van der Waals surface area contributed by atoms with Crippen molar-refractivity contribution in [2.24, 2.45) is 5.92 Å². The van der Waals surface area contributed by atoms with Gasteiger partial charge in [0.25, 0.3) is 0 Å². The normalized spacial score (nSPS) is 21.1. The van der Waals surface area contributed by atoms with Gasteiger partial charge >= 0.3 is 0 Å². The zero-order valence-corrected chi connectivity index (χ0v) is 11.6. The smallest absolute Gasteiger partial charge is 0.106 e. The van der Waals surface area contributed by atoms with Crippen LogP contribution in [0.1, 0.15) is 12.2 Å². The SMILES string of the molecule is CNC(Cn1c(C)nc2ccccc21)C1CCOC1. The molecule has 102 valence electrons. The highest BCUT2D eigenvalue weighted by Crippen LogP contribution is 2.21. The van der Waals surface area contributed by atoms with E-state index < -0.39 is 0 Å². The predicted molar refractivity (Wildman–Crippen MR) is 76.2 cm³/mol. The lowest BCUT2D eigenvalue weighted by Crippen LogP contribution is -2.38. The van der Waals surface area contributed by atoms with Crippen LogP contribution in [0.5, 0.6) is 0 Å². The van der Waals surface area contributed by atoms with Crippen LogP contribution in [0.3, 0.4) is 0 Å². The first-order valence-corrected chi connectivity index (χ1v) is 6.96. The number of likely N-dealkylation sites (N-methyl/N-ethyl adjacent to an activating group) is 1. The Hall–Kier alpha value is -1.39. The van der Waals surface area contributed by atoms with Gasteiger partial charge in [-0.05, 0) is 32.5 Å². The molecule has 1 aromatic heterocycles. The van der Waals surface area contributed by atoms with E-state index in [1.165, 1.54) is 5.52 Å². The van der Waals surface area contributed by atoms with Gasteiger partial charge < -0.3 is 14.6 Å². The molecule has 0 aliphatic carbocycles. The lowest BCUT2D eigenvalue weighted by molar-refractivity contribution is 0.175. The molecule has 0 amide bonds. The second-order valence-corrected chi connectivity index (χ2v) is 5.28. The number of ether oxygens (including phenoxy) is 1. The number of rotatable bonds is 4. The van der Waals surface area contributed by atoms with Gasteiger partial charge in [-0.1, -0.05) is 12.1 Å². The Morgan fingerprint density at radius 3 is 3.05 bits per heavy atom. The summed E-state index contributed by atoms with van der Waals surface area (Å²) < 4.78 is 7.83. The minimum atomic E-state index is 0.443. The number of fused-ring (bicyclic) bond motifs is 1. The average Bonchev–Trinajstić information content (AvgIpc) is 3.04. The molecule has 1 aliphatic rings. The van der Waals surface area contributed by atoms with Crippen molar-refractivity contribution in [1.82, 2.24) is 14.9 Å². The van der Waals surface area contributed by atoms with E-state index in [1.54, 1.807) is 0 Å². The van der Waals surface area contributed by atoms with E-state index in [-0.39, 0.29) is 0 Å². The molecule has 2 atom stereocenters. The van der Waals surface area contributed by atoms with Crippen molar-refractivity contribution in [1.29, 1.82) is 0 Å². The Balaban J connectivity index is 1.89. The topological polar surface area (TPSA) is 39.1 Å². The molecule has 2 aromatic rings. The molecular formula is C15H21N3O. The Bertz CT molecular complexity index is 558. The standard InChI is InChI=1S/C15H21N3O/c1-11-17-13-5-3-4-6-15(13)18(11)9-14(16-2)12-7-8-19-10-12/h3-6,12,14,16H,7-10H2,1-2H3. The maximum absolute atomic E-state index is 5.51. The van der Waals surface area contributed by atoms with Gasteiger partial charge in [0.05, 0.1) is 17.6 Å². The van der Waals surface area contributed by atoms with Gasteiger partial charge in [0.15, 0.2) is 0 Å². The summed E-state index contributed by atoms with van der Waals surface area (Å²) >= 11 is 0. The first kappa shape index (κ1) is 12.6. The minimum Gasteiger partial charge on any atom is -0.381 e. The zero-order valence-electron chi connectivity index (χ0n) is 11.6. The van der Waals surface area contributed by atoms with Crippen molar-refractivity contribution in [2.45, 2.75) is 25.9 Å². The number of hydrogen-bond acceptors (Lipinski definition) is 3. The van der Waals surface area contributed by atoms with Crippen LogP contribution in [-0.2, 0) is 11.3 Å². The van der Waals surface area contributed by atoms with E-state index in [0.717, 1.165) is 37.5 Å². The third-order valence-electron chi connectivity index (χ3n) is 4.13. The van der Waals surface area contributed by atoms with Gasteiger partial charge in [0.1, 0.15) is 5.82 Å². The molecule has 0 bridgehead atoms. The van der Waals surface area contributed by atoms with Gasteiger partial charge in [-0.2, -0.15) is 0 Å². The van der Waals surface area contributed by atoms with Crippen molar-refractivity contribution >= 4 is 11.0 Å². The maximum Gasteiger partial charge on any atom is 0.106 e. The molecule has 1 fully saturated rings. The monoisotopic (exact) mass is 259 g/mol. The number of imidazole rings is 1.